The molecule has 0 fully saturated rings. The largest absolute Gasteiger partial charge is 0.522 e. The minimum atomic E-state index is -5.38. The molecule has 0 saturated carbocycles. The molecule has 13 heavy (non-hydrogen) atoms. The van der Waals surface area contributed by atoms with Crippen LogP contribution >= 0.6 is 0 Å². The number of hydrogen-bond acceptors (Lipinski definition) is 3. The molecule has 0 aromatic heterocycles. The summed E-state index contributed by atoms with van der Waals surface area (Å²) in [5, 5.41) is 0. The van der Waals surface area contributed by atoms with E-state index in [9.17, 15) is 21.6 Å². The summed E-state index contributed by atoms with van der Waals surface area (Å²) in [5.74, 6) is 0. The van der Waals surface area contributed by atoms with E-state index in [0.29, 0.717) is 0 Å². The SMILES string of the molecule is CC(C)=C[SiH2]OS(=O)(=O)C(F)(F)F. The highest BCUT2D eigenvalue weighted by molar-refractivity contribution is 7.88. The van der Waals surface area contributed by atoms with Crippen LogP contribution in [-0.2, 0) is 14.0 Å². The van der Waals surface area contributed by atoms with Crippen molar-refractivity contribution < 1.29 is 25.5 Å². The lowest BCUT2D eigenvalue weighted by atomic mass is 10.4. The zero-order valence-electron chi connectivity index (χ0n) is 7.05. The van der Waals surface area contributed by atoms with Crippen molar-refractivity contribution in [3.63, 3.8) is 0 Å². The second-order valence-electron chi connectivity index (χ2n) is 2.47. The smallest absolute Gasteiger partial charge is 0.311 e. The zero-order chi connectivity index (χ0) is 10.7. The highest BCUT2D eigenvalue weighted by Gasteiger charge is 2.46. The van der Waals surface area contributed by atoms with Gasteiger partial charge >= 0.3 is 15.6 Å². The zero-order valence-corrected chi connectivity index (χ0v) is 9.28. The first-order valence-electron chi connectivity index (χ1n) is 3.26. The van der Waals surface area contributed by atoms with Crippen LogP contribution in [0.1, 0.15) is 13.8 Å². The van der Waals surface area contributed by atoms with E-state index in [0.717, 1.165) is 5.57 Å². The Hall–Kier alpha value is -0.343. The molecule has 0 aliphatic rings. The van der Waals surface area contributed by atoms with Gasteiger partial charge < -0.3 is 3.87 Å². The van der Waals surface area contributed by atoms with E-state index in [4.69, 9.17) is 0 Å². The van der Waals surface area contributed by atoms with Gasteiger partial charge in [-0.1, -0.05) is 11.3 Å². The van der Waals surface area contributed by atoms with E-state index in [2.05, 4.69) is 3.87 Å². The first kappa shape index (κ1) is 12.7. The topological polar surface area (TPSA) is 43.4 Å². The summed E-state index contributed by atoms with van der Waals surface area (Å²) in [4.78, 5) is 0. The van der Waals surface area contributed by atoms with Gasteiger partial charge in [-0.3, -0.25) is 0 Å². The number of allylic oxidation sites excluding steroid dienone is 1. The molecule has 0 heterocycles. The van der Waals surface area contributed by atoms with Crippen molar-refractivity contribution in [3.8, 4) is 0 Å². The lowest BCUT2D eigenvalue weighted by Gasteiger charge is -2.06. The van der Waals surface area contributed by atoms with Gasteiger partial charge in [0, 0.05) is 0 Å². The Morgan fingerprint density at radius 2 is 1.85 bits per heavy atom. The van der Waals surface area contributed by atoms with Gasteiger partial charge in [0.05, 0.1) is 0 Å². The fourth-order valence-electron chi connectivity index (χ4n) is 0.357. The van der Waals surface area contributed by atoms with E-state index in [1.807, 2.05) is 0 Å². The van der Waals surface area contributed by atoms with Crippen molar-refractivity contribution in [2.24, 2.45) is 0 Å². The first-order chi connectivity index (χ1) is 5.67. The third kappa shape index (κ3) is 4.43. The molecule has 0 spiro atoms. The predicted molar refractivity (Wildman–Crippen MR) is 44.0 cm³/mol. The van der Waals surface area contributed by atoms with E-state index in [1.165, 1.54) is 5.70 Å². The summed E-state index contributed by atoms with van der Waals surface area (Å²) in [6.45, 7) is 3.30. The molecular weight excluding hydrogens is 225 g/mol. The fourth-order valence-corrected chi connectivity index (χ4v) is 2.21. The molecule has 0 aromatic rings. The normalized spacial score (nSPS) is 13.6. The third-order valence-corrected chi connectivity index (χ3v) is 4.33. The minimum absolute atomic E-state index is 0.740. The fraction of sp³-hybridized carbons (Fsp3) is 0.600. The Balaban J connectivity index is 4.31. The summed E-state index contributed by atoms with van der Waals surface area (Å²) >= 11 is 0. The first-order valence-corrected chi connectivity index (χ1v) is 6.06. The van der Waals surface area contributed by atoms with Gasteiger partial charge in [-0.25, -0.2) is 0 Å². The van der Waals surface area contributed by atoms with Gasteiger partial charge in [-0.2, -0.15) is 21.6 Å². The summed E-state index contributed by atoms with van der Waals surface area (Å²) in [6.07, 6.45) is 0. The molecule has 78 valence electrons. The van der Waals surface area contributed by atoms with E-state index >= 15 is 0 Å². The van der Waals surface area contributed by atoms with Gasteiger partial charge in [0.1, 0.15) is 0 Å². The van der Waals surface area contributed by atoms with Crippen LogP contribution in [0.2, 0.25) is 0 Å². The number of hydrogen-bond donors (Lipinski definition) is 0. The molecule has 0 N–H and O–H groups in total. The number of rotatable bonds is 3. The molecule has 0 aliphatic carbocycles. The van der Waals surface area contributed by atoms with Crippen LogP contribution in [0.25, 0.3) is 0 Å². The molecule has 0 amide bonds. The molecule has 0 atom stereocenters. The lowest BCUT2D eigenvalue weighted by molar-refractivity contribution is -0.0499. The van der Waals surface area contributed by atoms with Crippen LogP contribution < -0.4 is 0 Å². The molecule has 0 aromatic carbocycles. The van der Waals surface area contributed by atoms with Gasteiger partial charge in [-0.05, 0) is 13.8 Å². The molecule has 8 heteroatoms. The minimum Gasteiger partial charge on any atom is -0.311 e. The monoisotopic (exact) mass is 234 g/mol. The maximum atomic E-state index is 11.6. The van der Waals surface area contributed by atoms with Crippen molar-refractivity contribution in [2.75, 3.05) is 0 Å². The molecule has 0 radical (unpaired) electrons. The van der Waals surface area contributed by atoms with E-state index in [-0.39, 0.29) is 0 Å². The molecular formula is C5H9F3O3SSi. The predicted octanol–water partition coefficient (Wildman–Crippen LogP) is 0.860. The summed E-state index contributed by atoms with van der Waals surface area (Å²) in [7, 11) is -7.17. The van der Waals surface area contributed by atoms with Crippen LogP contribution in [0.3, 0.4) is 0 Å². The van der Waals surface area contributed by atoms with Gasteiger partial charge in [-0.15, -0.1) is 0 Å². The van der Waals surface area contributed by atoms with Crippen LogP contribution in [0, 0.1) is 0 Å². The maximum Gasteiger partial charge on any atom is 0.522 e. The Morgan fingerprint density at radius 1 is 1.38 bits per heavy atom. The van der Waals surface area contributed by atoms with Crippen molar-refractivity contribution in [1.29, 1.82) is 0 Å². The van der Waals surface area contributed by atoms with Crippen LogP contribution in [0.15, 0.2) is 11.3 Å². The number of halogens is 3. The van der Waals surface area contributed by atoms with Gasteiger partial charge in [0.15, 0.2) is 0 Å². The molecule has 0 rings (SSSR count). The standard InChI is InChI=1S/C5H9F3O3SSi/c1-4(2)3-13-11-12(9,10)5(6,7)8/h3H,13H2,1-2H3. The Morgan fingerprint density at radius 3 is 2.15 bits per heavy atom. The molecule has 0 saturated heterocycles. The molecule has 0 aliphatic heterocycles. The van der Waals surface area contributed by atoms with Crippen LogP contribution in [0.4, 0.5) is 13.2 Å². The van der Waals surface area contributed by atoms with E-state index in [1.54, 1.807) is 13.8 Å². The second kappa shape index (κ2) is 4.25. The Labute approximate surface area is 76.7 Å². The maximum absolute atomic E-state index is 11.6. The highest BCUT2D eigenvalue weighted by atomic mass is 32.2. The molecule has 3 nitrogen and oxygen atoms in total. The molecule has 0 bridgehead atoms. The quantitative estimate of drug-likeness (QED) is 0.537. The highest BCUT2D eigenvalue weighted by Crippen LogP contribution is 2.23. The van der Waals surface area contributed by atoms with Crippen LogP contribution in [-0.4, -0.2) is 23.7 Å². The Bertz CT molecular complexity index is 289. The Kier molecular flexibility index (Phi) is 4.13. The van der Waals surface area contributed by atoms with Gasteiger partial charge in [0.25, 0.3) is 0 Å². The second-order valence-corrected chi connectivity index (χ2v) is 5.52. The lowest BCUT2D eigenvalue weighted by Crippen LogP contribution is -2.26. The third-order valence-electron chi connectivity index (χ3n) is 0.998. The van der Waals surface area contributed by atoms with Crippen LogP contribution in [0.5, 0.6) is 0 Å². The summed E-state index contributed by atoms with van der Waals surface area (Å²) < 4.78 is 59.3. The van der Waals surface area contributed by atoms with Crippen molar-refractivity contribution in [2.45, 2.75) is 19.4 Å². The average Bonchev–Trinajstić information content (AvgIpc) is 1.82. The van der Waals surface area contributed by atoms with E-state index < -0.39 is 25.4 Å². The molecule has 0 unspecified atom stereocenters. The van der Waals surface area contributed by atoms with Crippen molar-refractivity contribution in [3.05, 3.63) is 11.3 Å². The number of alkyl halides is 3. The summed E-state index contributed by atoms with van der Waals surface area (Å²) in [6, 6.07) is 0. The van der Waals surface area contributed by atoms with Crippen molar-refractivity contribution in [1.82, 2.24) is 0 Å². The van der Waals surface area contributed by atoms with Gasteiger partial charge in [0.2, 0.25) is 9.76 Å². The van der Waals surface area contributed by atoms with Crippen molar-refractivity contribution >= 4 is 19.9 Å². The average molecular weight is 234 g/mol. The summed E-state index contributed by atoms with van der Waals surface area (Å²) in [5.41, 5.74) is -3.19.